The Labute approximate surface area is 193 Å². The fourth-order valence-corrected chi connectivity index (χ4v) is 3.68. The fraction of sp³-hybridized carbons (Fsp3) is 0.154. The zero-order chi connectivity index (χ0) is 22.3. The minimum absolute atomic E-state index is 0.0959. The Morgan fingerprint density at radius 3 is 2.34 bits per heavy atom. The second-order valence-electron chi connectivity index (χ2n) is 7.64. The highest BCUT2D eigenvalue weighted by Gasteiger charge is 2.20. The standard InChI is InChI=1S/C26H25ClN4O/c1-31-18-22(17-29-31)20-9-13-24(14-10-20)30-26(32)25(21-5-3-2-4-6-21)28-16-15-19-7-11-23(27)12-8-19/h2-14,17-18,25,28H,15-16H2,1H3,(H,30,32)/t25-/m1/s1. The van der Waals surface area contributed by atoms with Crippen molar-refractivity contribution in [1.29, 1.82) is 0 Å². The number of carbonyl (C=O) groups is 1. The van der Waals surface area contributed by atoms with Gasteiger partial charge in [0.15, 0.2) is 0 Å². The zero-order valence-electron chi connectivity index (χ0n) is 17.8. The predicted octanol–water partition coefficient (Wildman–Crippen LogP) is 5.25. The number of rotatable bonds is 8. The number of nitrogens with zero attached hydrogens (tertiary/aromatic N) is 2. The van der Waals surface area contributed by atoms with Crippen molar-refractivity contribution in [1.82, 2.24) is 15.1 Å². The quantitative estimate of drug-likeness (QED) is 0.390. The van der Waals surface area contributed by atoms with E-state index >= 15 is 0 Å². The molecule has 0 saturated carbocycles. The van der Waals surface area contributed by atoms with Crippen LogP contribution in [-0.2, 0) is 18.3 Å². The van der Waals surface area contributed by atoms with Gasteiger partial charge in [-0.1, -0.05) is 66.2 Å². The highest BCUT2D eigenvalue weighted by atomic mass is 35.5. The summed E-state index contributed by atoms with van der Waals surface area (Å²) in [7, 11) is 1.89. The van der Waals surface area contributed by atoms with Crippen molar-refractivity contribution in [3.8, 4) is 11.1 Å². The molecule has 1 amide bonds. The first-order chi connectivity index (χ1) is 15.6. The molecule has 1 aromatic heterocycles. The number of benzene rings is 3. The predicted molar refractivity (Wildman–Crippen MR) is 130 cm³/mol. The maximum atomic E-state index is 13.2. The number of amides is 1. The first-order valence-corrected chi connectivity index (χ1v) is 10.9. The number of carbonyl (C=O) groups excluding carboxylic acids is 1. The van der Waals surface area contributed by atoms with E-state index in [9.17, 15) is 4.79 Å². The van der Waals surface area contributed by atoms with E-state index in [1.165, 1.54) is 5.56 Å². The summed E-state index contributed by atoms with van der Waals surface area (Å²) < 4.78 is 1.77. The summed E-state index contributed by atoms with van der Waals surface area (Å²) in [5.74, 6) is -0.0959. The molecule has 0 radical (unpaired) electrons. The van der Waals surface area contributed by atoms with Crippen LogP contribution in [0.3, 0.4) is 0 Å². The van der Waals surface area contributed by atoms with Gasteiger partial charge in [-0.05, 0) is 47.4 Å². The van der Waals surface area contributed by atoms with Crippen molar-refractivity contribution in [3.63, 3.8) is 0 Å². The number of anilines is 1. The van der Waals surface area contributed by atoms with E-state index in [0.717, 1.165) is 33.8 Å². The highest BCUT2D eigenvalue weighted by Crippen LogP contribution is 2.22. The normalized spacial score (nSPS) is 11.8. The summed E-state index contributed by atoms with van der Waals surface area (Å²) in [5.41, 5.74) is 4.93. The molecule has 6 heteroatoms. The third kappa shape index (κ3) is 5.63. The fourth-order valence-electron chi connectivity index (χ4n) is 3.55. The Bertz CT molecular complexity index is 1150. The molecule has 0 bridgehead atoms. The summed E-state index contributed by atoms with van der Waals surface area (Å²) in [6.07, 6.45) is 4.58. The minimum Gasteiger partial charge on any atom is -0.324 e. The van der Waals surface area contributed by atoms with Crippen molar-refractivity contribution >= 4 is 23.2 Å². The highest BCUT2D eigenvalue weighted by molar-refractivity contribution is 6.30. The third-order valence-corrected chi connectivity index (χ3v) is 5.51. The van der Waals surface area contributed by atoms with Crippen molar-refractivity contribution in [3.05, 3.63) is 107 Å². The molecule has 4 rings (SSSR count). The largest absolute Gasteiger partial charge is 0.324 e. The molecular weight excluding hydrogens is 420 g/mol. The van der Waals surface area contributed by atoms with Crippen LogP contribution in [0.15, 0.2) is 91.3 Å². The van der Waals surface area contributed by atoms with Crippen molar-refractivity contribution in [2.24, 2.45) is 7.05 Å². The van der Waals surface area contributed by atoms with Gasteiger partial charge in [0.25, 0.3) is 0 Å². The van der Waals surface area contributed by atoms with Gasteiger partial charge in [0, 0.05) is 36.1 Å². The smallest absolute Gasteiger partial charge is 0.246 e. The molecule has 4 aromatic rings. The van der Waals surface area contributed by atoms with E-state index in [4.69, 9.17) is 11.6 Å². The maximum Gasteiger partial charge on any atom is 0.246 e. The van der Waals surface area contributed by atoms with Gasteiger partial charge in [-0.15, -0.1) is 0 Å². The van der Waals surface area contributed by atoms with Gasteiger partial charge in [0.1, 0.15) is 6.04 Å². The second kappa shape index (κ2) is 10.3. The van der Waals surface area contributed by atoms with Gasteiger partial charge in [-0.25, -0.2) is 0 Å². The Morgan fingerprint density at radius 2 is 1.69 bits per heavy atom. The molecule has 32 heavy (non-hydrogen) atoms. The summed E-state index contributed by atoms with van der Waals surface area (Å²) >= 11 is 5.97. The van der Waals surface area contributed by atoms with Gasteiger partial charge in [-0.3, -0.25) is 9.48 Å². The van der Waals surface area contributed by atoms with Crippen LogP contribution in [-0.4, -0.2) is 22.2 Å². The number of hydrogen-bond donors (Lipinski definition) is 2. The van der Waals surface area contributed by atoms with Crippen LogP contribution in [0.2, 0.25) is 5.02 Å². The Kier molecular flexibility index (Phi) is 7.00. The van der Waals surface area contributed by atoms with Crippen molar-refractivity contribution in [2.45, 2.75) is 12.5 Å². The molecule has 0 fully saturated rings. The molecule has 0 unspecified atom stereocenters. The molecule has 1 atom stereocenters. The lowest BCUT2D eigenvalue weighted by Crippen LogP contribution is -2.34. The van der Waals surface area contributed by atoms with E-state index in [-0.39, 0.29) is 5.91 Å². The molecule has 3 aromatic carbocycles. The minimum atomic E-state index is -0.457. The summed E-state index contributed by atoms with van der Waals surface area (Å²) in [5, 5.41) is 11.4. The summed E-state index contributed by atoms with van der Waals surface area (Å²) in [6.45, 7) is 0.661. The van der Waals surface area contributed by atoms with E-state index < -0.39 is 6.04 Å². The van der Waals surface area contributed by atoms with Crippen LogP contribution >= 0.6 is 11.6 Å². The van der Waals surface area contributed by atoms with Gasteiger partial charge in [0.05, 0.1) is 6.20 Å². The molecule has 0 aliphatic rings. The average molecular weight is 445 g/mol. The van der Waals surface area contributed by atoms with E-state index in [0.29, 0.717) is 6.54 Å². The molecule has 0 aliphatic heterocycles. The second-order valence-corrected chi connectivity index (χ2v) is 8.08. The molecule has 0 spiro atoms. The number of nitrogens with one attached hydrogen (secondary N) is 2. The van der Waals surface area contributed by atoms with Crippen LogP contribution in [0.1, 0.15) is 17.2 Å². The van der Waals surface area contributed by atoms with E-state index in [2.05, 4.69) is 15.7 Å². The first-order valence-electron chi connectivity index (χ1n) is 10.5. The SMILES string of the molecule is Cn1cc(-c2ccc(NC(=O)[C@H](NCCc3ccc(Cl)cc3)c3ccccc3)cc2)cn1. The first kappa shape index (κ1) is 21.8. The average Bonchev–Trinajstić information content (AvgIpc) is 3.25. The molecule has 162 valence electrons. The number of hydrogen-bond acceptors (Lipinski definition) is 3. The molecular formula is C26H25ClN4O. The van der Waals surface area contributed by atoms with Gasteiger partial charge < -0.3 is 10.6 Å². The van der Waals surface area contributed by atoms with Crippen molar-refractivity contribution < 1.29 is 4.79 Å². The van der Waals surface area contributed by atoms with Crippen molar-refractivity contribution in [2.75, 3.05) is 11.9 Å². The lowest BCUT2D eigenvalue weighted by Gasteiger charge is -2.19. The van der Waals surface area contributed by atoms with Gasteiger partial charge in [-0.2, -0.15) is 5.10 Å². The van der Waals surface area contributed by atoms with Crippen LogP contribution in [0.4, 0.5) is 5.69 Å². The third-order valence-electron chi connectivity index (χ3n) is 5.26. The summed E-state index contributed by atoms with van der Waals surface area (Å²) in [4.78, 5) is 13.2. The lowest BCUT2D eigenvalue weighted by molar-refractivity contribution is -0.118. The monoisotopic (exact) mass is 444 g/mol. The topological polar surface area (TPSA) is 59.0 Å². The summed E-state index contributed by atoms with van der Waals surface area (Å²) in [6, 6.07) is 24.9. The van der Waals surface area contributed by atoms with Gasteiger partial charge >= 0.3 is 0 Å². The Hall–Kier alpha value is -3.41. The number of halogens is 1. The molecule has 1 heterocycles. The number of aryl methyl sites for hydroxylation is 1. The molecule has 0 saturated heterocycles. The molecule has 5 nitrogen and oxygen atoms in total. The number of aromatic nitrogens is 2. The van der Waals surface area contributed by atoms with Crippen LogP contribution in [0, 0.1) is 0 Å². The van der Waals surface area contributed by atoms with Crippen LogP contribution in [0.5, 0.6) is 0 Å². The maximum absolute atomic E-state index is 13.2. The zero-order valence-corrected chi connectivity index (χ0v) is 18.6. The Balaban J connectivity index is 1.43. The van der Waals surface area contributed by atoms with E-state index in [1.807, 2.05) is 98.3 Å². The Morgan fingerprint density at radius 1 is 0.969 bits per heavy atom. The van der Waals surface area contributed by atoms with Crippen LogP contribution < -0.4 is 10.6 Å². The molecule has 0 aliphatic carbocycles. The van der Waals surface area contributed by atoms with E-state index in [1.54, 1.807) is 4.68 Å². The molecule has 2 N–H and O–H groups in total. The lowest BCUT2D eigenvalue weighted by atomic mass is 10.0. The van der Waals surface area contributed by atoms with Gasteiger partial charge in [0.2, 0.25) is 5.91 Å². The van der Waals surface area contributed by atoms with Crippen LogP contribution in [0.25, 0.3) is 11.1 Å².